The van der Waals surface area contributed by atoms with Crippen LogP contribution in [-0.4, -0.2) is 19.6 Å². The molecule has 1 amide bonds. The Kier molecular flexibility index (Phi) is 5.58. The van der Waals surface area contributed by atoms with E-state index in [0.717, 1.165) is 10.1 Å². The highest BCUT2D eigenvalue weighted by Crippen LogP contribution is 2.35. The average Bonchev–Trinajstić information content (AvgIpc) is 2.96. The number of carbonyl (C=O) groups is 1. The van der Waals surface area contributed by atoms with Gasteiger partial charge < -0.3 is 14.8 Å². The van der Waals surface area contributed by atoms with E-state index in [1.54, 1.807) is 6.07 Å². The van der Waals surface area contributed by atoms with E-state index in [9.17, 15) is 13.6 Å². The predicted molar refractivity (Wildman–Crippen MR) is 97.6 cm³/mol. The van der Waals surface area contributed by atoms with E-state index in [4.69, 9.17) is 16.3 Å². The number of alkyl halides is 2. The molecule has 0 saturated heterocycles. The fourth-order valence-electron chi connectivity index (χ4n) is 2.44. The van der Waals surface area contributed by atoms with Crippen molar-refractivity contribution in [1.82, 2.24) is 5.32 Å². The highest BCUT2D eigenvalue weighted by atomic mass is 35.5. The molecule has 0 unspecified atom stereocenters. The number of benzene rings is 2. The first kappa shape index (κ1) is 18.4. The third-order valence-corrected chi connectivity index (χ3v) is 5.31. The monoisotopic (exact) mass is 397 g/mol. The number of nitrogens with one attached hydrogen (secondary N) is 1. The molecule has 0 atom stereocenters. The molecule has 0 aliphatic heterocycles. The first-order valence-corrected chi connectivity index (χ1v) is 8.76. The van der Waals surface area contributed by atoms with Crippen LogP contribution >= 0.6 is 22.9 Å². The van der Waals surface area contributed by atoms with Gasteiger partial charge in [0.05, 0.1) is 12.1 Å². The Balaban J connectivity index is 1.75. The SMILES string of the molecule is COc1ccc(CNC(=O)c2sc3ccccc3c2Cl)cc1OC(F)F. The summed E-state index contributed by atoms with van der Waals surface area (Å²) in [5.41, 5.74) is 0.590. The molecule has 0 bridgehead atoms. The van der Waals surface area contributed by atoms with Gasteiger partial charge in [-0.25, -0.2) is 0 Å². The third-order valence-electron chi connectivity index (χ3n) is 3.64. The van der Waals surface area contributed by atoms with Gasteiger partial charge >= 0.3 is 6.61 Å². The topological polar surface area (TPSA) is 47.6 Å². The van der Waals surface area contributed by atoms with Crippen LogP contribution in [0.4, 0.5) is 8.78 Å². The molecule has 2 aromatic carbocycles. The maximum atomic E-state index is 12.5. The van der Waals surface area contributed by atoms with Gasteiger partial charge in [0, 0.05) is 16.6 Å². The lowest BCUT2D eigenvalue weighted by Crippen LogP contribution is -2.22. The molecule has 3 rings (SSSR count). The van der Waals surface area contributed by atoms with Crippen LogP contribution in [0.2, 0.25) is 5.02 Å². The fraction of sp³-hybridized carbons (Fsp3) is 0.167. The number of hydrogen-bond acceptors (Lipinski definition) is 4. The number of methoxy groups -OCH3 is 1. The van der Waals surface area contributed by atoms with Crippen molar-refractivity contribution in [3.8, 4) is 11.5 Å². The van der Waals surface area contributed by atoms with Gasteiger partial charge in [-0.1, -0.05) is 35.9 Å². The van der Waals surface area contributed by atoms with Crippen LogP contribution in [0.5, 0.6) is 11.5 Å². The van der Waals surface area contributed by atoms with Crippen molar-refractivity contribution in [3.05, 3.63) is 57.9 Å². The van der Waals surface area contributed by atoms with Crippen LogP contribution in [0.25, 0.3) is 10.1 Å². The second kappa shape index (κ2) is 7.88. The van der Waals surface area contributed by atoms with E-state index in [2.05, 4.69) is 10.1 Å². The Labute approximate surface area is 157 Å². The highest BCUT2D eigenvalue weighted by Gasteiger charge is 2.17. The minimum atomic E-state index is -2.97. The van der Waals surface area contributed by atoms with Crippen molar-refractivity contribution in [2.45, 2.75) is 13.2 Å². The van der Waals surface area contributed by atoms with Crippen molar-refractivity contribution in [2.75, 3.05) is 7.11 Å². The molecule has 0 radical (unpaired) electrons. The van der Waals surface area contributed by atoms with Gasteiger partial charge in [-0.05, 0) is 23.8 Å². The smallest absolute Gasteiger partial charge is 0.387 e. The molecular weight excluding hydrogens is 384 g/mol. The van der Waals surface area contributed by atoms with Crippen molar-refractivity contribution in [2.24, 2.45) is 0 Å². The average molecular weight is 398 g/mol. The molecule has 1 heterocycles. The Hall–Kier alpha value is -2.38. The molecule has 3 aromatic rings. The van der Waals surface area contributed by atoms with Gasteiger partial charge in [-0.2, -0.15) is 8.78 Å². The zero-order valence-corrected chi connectivity index (χ0v) is 15.2. The quantitative estimate of drug-likeness (QED) is 0.630. The summed E-state index contributed by atoms with van der Waals surface area (Å²) in [5.74, 6) is -0.231. The summed E-state index contributed by atoms with van der Waals surface area (Å²) in [7, 11) is 1.36. The minimum absolute atomic E-state index is 0.0888. The van der Waals surface area contributed by atoms with Gasteiger partial charge in [-0.3, -0.25) is 4.79 Å². The molecule has 1 N–H and O–H groups in total. The Morgan fingerprint density at radius 1 is 1.23 bits per heavy atom. The molecule has 8 heteroatoms. The van der Waals surface area contributed by atoms with Crippen LogP contribution in [-0.2, 0) is 6.54 Å². The molecule has 0 aliphatic carbocycles. The molecule has 1 aromatic heterocycles. The number of fused-ring (bicyclic) bond motifs is 1. The number of rotatable bonds is 6. The first-order valence-electron chi connectivity index (χ1n) is 7.56. The molecule has 26 heavy (non-hydrogen) atoms. The summed E-state index contributed by atoms with van der Waals surface area (Å²) in [6, 6.07) is 12.0. The van der Waals surface area contributed by atoms with Gasteiger partial charge in [0.15, 0.2) is 11.5 Å². The van der Waals surface area contributed by atoms with Crippen LogP contribution in [0.1, 0.15) is 15.2 Å². The lowest BCUT2D eigenvalue weighted by Gasteiger charge is -2.12. The predicted octanol–water partition coefficient (Wildman–Crippen LogP) is 5.09. The third kappa shape index (κ3) is 3.89. The van der Waals surface area contributed by atoms with Crippen LogP contribution in [0.15, 0.2) is 42.5 Å². The van der Waals surface area contributed by atoms with Gasteiger partial charge in [0.1, 0.15) is 4.88 Å². The van der Waals surface area contributed by atoms with Crippen molar-refractivity contribution in [1.29, 1.82) is 0 Å². The summed E-state index contributed by atoms with van der Waals surface area (Å²) >= 11 is 7.58. The van der Waals surface area contributed by atoms with E-state index in [1.807, 2.05) is 24.3 Å². The Morgan fingerprint density at radius 3 is 2.69 bits per heavy atom. The molecule has 136 valence electrons. The number of ether oxygens (including phenoxy) is 2. The second-order valence-electron chi connectivity index (χ2n) is 5.29. The number of hydrogen-bond donors (Lipinski definition) is 1. The summed E-state index contributed by atoms with van der Waals surface area (Å²) in [4.78, 5) is 12.8. The van der Waals surface area contributed by atoms with Crippen molar-refractivity contribution in [3.63, 3.8) is 0 Å². The number of halogens is 3. The van der Waals surface area contributed by atoms with E-state index < -0.39 is 6.61 Å². The summed E-state index contributed by atoms with van der Waals surface area (Å²) < 4.78 is 35.3. The number of amides is 1. The van der Waals surface area contributed by atoms with Crippen LogP contribution in [0.3, 0.4) is 0 Å². The fourth-order valence-corrected chi connectivity index (χ4v) is 3.88. The summed E-state index contributed by atoms with van der Waals surface area (Å²) in [6.45, 7) is -2.83. The van der Waals surface area contributed by atoms with Gasteiger partial charge in [0.25, 0.3) is 5.91 Å². The summed E-state index contributed by atoms with van der Waals surface area (Å²) in [5, 5.41) is 3.96. The van der Waals surface area contributed by atoms with Crippen LogP contribution in [0, 0.1) is 0 Å². The number of thiophene rings is 1. The van der Waals surface area contributed by atoms with Crippen molar-refractivity contribution >= 4 is 38.9 Å². The Bertz CT molecular complexity index is 945. The molecule has 0 saturated carbocycles. The van der Waals surface area contributed by atoms with E-state index in [0.29, 0.717) is 15.5 Å². The number of carbonyl (C=O) groups excluding carboxylic acids is 1. The molecule has 0 fully saturated rings. The normalized spacial score (nSPS) is 11.0. The van der Waals surface area contributed by atoms with Crippen molar-refractivity contribution < 1.29 is 23.0 Å². The minimum Gasteiger partial charge on any atom is -0.493 e. The molecule has 0 aliphatic rings. The lowest BCUT2D eigenvalue weighted by molar-refractivity contribution is -0.0512. The van der Waals surface area contributed by atoms with Gasteiger partial charge in [-0.15, -0.1) is 11.3 Å². The zero-order valence-electron chi connectivity index (χ0n) is 13.6. The Morgan fingerprint density at radius 2 is 2.00 bits per heavy atom. The second-order valence-corrected chi connectivity index (χ2v) is 6.72. The van der Waals surface area contributed by atoms with Crippen LogP contribution < -0.4 is 14.8 Å². The standard InChI is InChI=1S/C18H14ClF2NO3S/c1-24-12-7-6-10(8-13(12)25-18(20)21)9-22-17(23)16-15(19)11-4-2-3-5-14(11)26-16/h2-8,18H,9H2,1H3,(H,22,23). The molecule has 4 nitrogen and oxygen atoms in total. The van der Waals surface area contributed by atoms with Gasteiger partial charge in [0.2, 0.25) is 0 Å². The van der Waals surface area contributed by atoms with E-state index in [-0.39, 0.29) is 24.0 Å². The maximum absolute atomic E-state index is 12.5. The molecular formula is C18H14ClF2NO3S. The largest absolute Gasteiger partial charge is 0.493 e. The highest BCUT2D eigenvalue weighted by molar-refractivity contribution is 7.21. The summed E-state index contributed by atoms with van der Waals surface area (Å²) in [6.07, 6.45) is 0. The maximum Gasteiger partial charge on any atom is 0.387 e. The first-order chi connectivity index (χ1) is 12.5. The van der Waals surface area contributed by atoms with E-state index in [1.165, 1.54) is 30.6 Å². The molecule has 0 spiro atoms. The van der Waals surface area contributed by atoms with E-state index >= 15 is 0 Å². The lowest BCUT2D eigenvalue weighted by atomic mass is 10.2. The zero-order chi connectivity index (χ0) is 18.7.